The molecule has 1 saturated heterocycles. The fraction of sp³-hybridized carbons (Fsp3) is 0.500. The summed E-state index contributed by atoms with van der Waals surface area (Å²) in [5.41, 5.74) is 2.49. The second-order valence-corrected chi connectivity index (χ2v) is 5.20. The van der Waals surface area contributed by atoms with Crippen LogP contribution in [0.1, 0.15) is 17.5 Å². The standard InChI is InChI=1S/C14H18N2O3/c1-9-16-11-4-3-10(5-12(11)19-9)13(15-2)14(6-17)7-18-8-14/h3-5,13,15,17H,6-8H2,1-2H3. The average Bonchev–Trinajstić information content (AvgIpc) is 2.72. The van der Waals surface area contributed by atoms with Gasteiger partial charge in [0.2, 0.25) is 0 Å². The van der Waals surface area contributed by atoms with E-state index in [0.29, 0.717) is 19.1 Å². The first kappa shape index (κ1) is 12.6. The molecule has 102 valence electrons. The molecule has 0 bridgehead atoms. The molecular weight excluding hydrogens is 244 g/mol. The van der Waals surface area contributed by atoms with Gasteiger partial charge in [-0.1, -0.05) is 6.07 Å². The predicted molar refractivity (Wildman–Crippen MR) is 70.9 cm³/mol. The van der Waals surface area contributed by atoms with E-state index < -0.39 is 0 Å². The van der Waals surface area contributed by atoms with Crippen molar-refractivity contribution in [1.29, 1.82) is 0 Å². The van der Waals surface area contributed by atoms with Crippen LogP contribution in [0.25, 0.3) is 11.1 Å². The number of fused-ring (bicyclic) bond motifs is 1. The van der Waals surface area contributed by atoms with Gasteiger partial charge >= 0.3 is 0 Å². The van der Waals surface area contributed by atoms with Crippen LogP contribution in [0.4, 0.5) is 0 Å². The Bertz CT molecular complexity index is 584. The van der Waals surface area contributed by atoms with Crippen LogP contribution in [0.3, 0.4) is 0 Å². The quantitative estimate of drug-likeness (QED) is 0.872. The monoisotopic (exact) mass is 262 g/mol. The molecule has 1 aromatic heterocycles. The summed E-state index contributed by atoms with van der Waals surface area (Å²) in [4.78, 5) is 4.29. The highest BCUT2D eigenvalue weighted by Crippen LogP contribution is 2.40. The number of nitrogens with zero attached hydrogens (tertiary/aromatic N) is 1. The molecule has 0 spiro atoms. The molecule has 1 aromatic carbocycles. The van der Waals surface area contributed by atoms with Crippen molar-refractivity contribution in [2.45, 2.75) is 13.0 Å². The van der Waals surface area contributed by atoms with Gasteiger partial charge in [0.1, 0.15) is 5.52 Å². The molecule has 2 N–H and O–H groups in total. The zero-order valence-corrected chi connectivity index (χ0v) is 11.1. The van der Waals surface area contributed by atoms with E-state index in [0.717, 1.165) is 16.7 Å². The third kappa shape index (κ3) is 1.94. The van der Waals surface area contributed by atoms with Crippen molar-refractivity contribution in [3.05, 3.63) is 29.7 Å². The van der Waals surface area contributed by atoms with E-state index in [1.807, 2.05) is 32.2 Å². The van der Waals surface area contributed by atoms with Crippen molar-refractivity contribution >= 4 is 11.1 Å². The smallest absolute Gasteiger partial charge is 0.192 e. The van der Waals surface area contributed by atoms with E-state index in [-0.39, 0.29) is 18.1 Å². The van der Waals surface area contributed by atoms with E-state index >= 15 is 0 Å². The van der Waals surface area contributed by atoms with Crippen LogP contribution in [0.5, 0.6) is 0 Å². The molecule has 1 unspecified atom stereocenters. The average molecular weight is 262 g/mol. The SMILES string of the molecule is CNC(c1ccc2nc(C)oc2c1)C1(CO)COC1. The van der Waals surface area contributed by atoms with Gasteiger partial charge < -0.3 is 19.6 Å². The van der Waals surface area contributed by atoms with Crippen molar-refractivity contribution < 1.29 is 14.3 Å². The van der Waals surface area contributed by atoms with Crippen LogP contribution in [0.15, 0.2) is 22.6 Å². The maximum Gasteiger partial charge on any atom is 0.192 e. The molecule has 0 saturated carbocycles. The van der Waals surface area contributed by atoms with Gasteiger partial charge in [0.15, 0.2) is 11.5 Å². The Morgan fingerprint density at radius 3 is 2.84 bits per heavy atom. The Balaban J connectivity index is 2.01. The molecule has 0 radical (unpaired) electrons. The van der Waals surface area contributed by atoms with E-state index in [9.17, 15) is 5.11 Å². The Morgan fingerprint density at radius 1 is 1.47 bits per heavy atom. The number of nitrogens with one attached hydrogen (secondary N) is 1. The number of rotatable bonds is 4. The third-order valence-electron chi connectivity index (χ3n) is 3.85. The number of ether oxygens (including phenoxy) is 1. The van der Waals surface area contributed by atoms with Crippen molar-refractivity contribution in [2.24, 2.45) is 5.41 Å². The molecule has 1 fully saturated rings. The van der Waals surface area contributed by atoms with Crippen LogP contribution < -0.4 is 5.32 Å². The van der Waals surface area contributed by atoms with Gasteiger partial charge in [-0.2, -0.15) is 0 Å². The molecule has 1 aliphatic rings. The molecule has 5 heteroatoms. The van der Waals surface area contributed by atoms with Crippen molar-refractivity contribution in [2.75, 3.05) is 26.9 Å². The summed E-state index contributed by atoms with van der Waals surface area (Å²) >= 11 is 0. The molecule has 0 aliphatic carbocycles. The number of hydrogen-bond donors (Lipinski definition) is 2. The Kier molecular flexibility index (Phi) is 3.05. The predicted octanol–water partition coefficient (Wildman–Crippen LogP) is 1.41. The minimum Gasteiger partial charge on any atom is -0.441 e. The van der Waals surface area contributed by atoms with Gasteiger partial charge in [-0.05, 0) is 24.7 Å². The summed E-state index contributed by atoms with van der Waals surface area (Å²) in [5.74, 6) is 0.664. The number of aliphatic hydroxyl groups is 1. The van der Waals surface area contributed by atoms with E-state index in [1.54, 1.807) is 0 Å². The third-order valence-corrected chi connectivity index (χ3v) is 3.85. The van der Waals surface area contributed by atoms with Crippen molar-refractivity contribution in [3.8, 4) is 0 Å². The summed E-state index contributed by atoms with van der Waals surface area (Å²) in [7, 11) is 1.90. The second kappa shape index (κ2) is 4.59. The molecular formula is C14H18N2O3. The number of oxazole rings is 1. The molecule has 1 aliphatic heterocycles. The van der Waals surface area contributed by atoms with Crippen LogP contribution in [-0.4, -0.2) is 37.0 Å². The number of aryl methyl sites for hydroxylation is 1. The van der Waals surface area contributed by atoms with E-state index in [2.05, 4.69) is 10.3 Å². The topological polar surface area (TPSA) is 67.5 Å². The molecule has 19 heavy (non-hydrogen) atoms. The molecule has 2 aromatic rings. The Morgan fingerprint density at radius 2 is 2.26 bits per heavy atom. The fourth-order valence-electron chi connectivity index (χ4n) is 2.78. The lowest BCUT2D eigenvalue weighted by atomic mass is 9.76. The van der Waals surface area contributed by atoms with Crippen LogP contribution in [-0.2, 0) is 4.74 Å². The van der Waals surface area contributed by atoms with Crippen molar-refractivity contribution in [3.63, 3.8) is 0 Å². The summed E-state index contributed by atoms with van der Waals surface area (Å²) in [6.07, 6.45) is 0. The number of aliphatic hydroxyl groups excluding tert-OH is 1. The van der Waals surface area contributed by atoms with E-state index in [4.69, 9.17) is 9.15 Å². The largest absolute Gasteiger partial charge is 0.441 e. The minimum absolute atomic E-state index is 0.0426. The fourth-order valence-corrected chi connectivity index (χ4v) is 2.78. The van der Waals surface area contributed by atoms with Gasteiger partial charge in [-0.25, -0.2) is 4.98 Å². The molecule has 1 atom stereocenters. The zero-order valence-electron chi connectivity index (χ0n) is 11.1. The van der Waals surface area contributed by atoms with Crippen molar-refractivity contribution in [1.82, 2.24) is 10.3 Å². The van der Waals surface area contributed by atoms with Crippen LogP contribution in [0, 0.1) is 12.3 Å². The normalized spacial score (nSPS) is 19.3. The maximum atomic E-state index is 9.66. The van der Waals surface area contributed by atoms with Gasteiger partial charge in [0.25, 0.3) is 0 Å². The number of aromatic nitrogens is 1. The molecule has 0 amide bonds. The summed E-state index contributed by atoms with van der Waals surface area (Å²) < 4.78 is 10.9. The maximum absolute atomic E-state index is 9.66. The molecule has 3 rings (SSSR count). The Labute approximate surface area is 111 Å². The highest BCUT2D eigenvalue weighted by atomic mass is 16.5. The summed E-state index contributed by atoms with van der Waals surface area (Å²) in [5, 5.41) is 12.9. The first-order valence-electron chi connectivity index (χ1n) is 6.41. The molecule has 2 heterocycles. The van der Waals surface area contributed by atoms with Gasteiger partial charge in [0.05, 0.1) is 25.2 Å². The lowest BCUT2D eigenvalue weighted by Gasteiger charge is -2.46. The molecule has 5 nitrogen and oxygen atoms in total. The first-order valence-corrected chi connectivity index (χ1v) is 6.41. The lowest BCUT2D eigenvalue weighted by molar-refractivity contribution is -0.155. The first-order chi connectivity index (χ1) is 9.18. The lowest BCUT2D eigenvalue weighted by Crippen LogP contribution is -2.53. The second-order valence-electron chi connectivity index (χ2n) is 5.20. The highest BCUT2D eigenvalue weighted by Gasteiger charge is 2.45. The minimum atomic E-state index is -0.239. The summed E-state index contributed by atoms with van der Waals surface area (Å²) in [6, 6.07) is 6.02. The number of benzene rings is 1. The van der Waals surface area contributed by atoms with Crippen LogP contribution >= 0.6 is 0 Å². The zero-order chi connectivity index (χ0) is 13.5. The van der Waals surface area contributed by atoms with Gasteiger partial charge in [-0.15, -0.1) is 0 Å². The van der Waals surface area contributed by atoms with E-state index in [1.165, 1.54) is 0 Å². The van der Waals surface area contributed by atoms with Crippen LogP contribution in [0.2, 0.25) is 0 Å². The highest BCUT2D eigenvalue weighted by molar-refractivity contribution is 5.73. The van der Waals surface area contributed by atoms with Gasteiger partial charge in [0, 0.05) is 13.0 Å². The Hall–Kier alpha value is -1.43. The number of hydrogen-bond acceptors (Lipinski definition) is 5. The van der Waals surface area contributed by atoms with Gasteiger partial charge in [-0.3, -0.25) is 0 Å². The summed E-state index contributed by atoms with van der Waals surface area (Å²) in [6.45, 7) is 3.08.